The molecule has 0 aromatic carbocycles. The predicted molar refractivity (Wildman–Crippen MR) is 122 cm³/mol. The molecule has 1 fully saturated rings. The fourth-order valence-corrected chi connectivity index (χ4v) is 3.78. The van der Waals surface area contributed by atoms with Gasteiger partial charge >= 0.3 is 12.1 Å². The van der Waals surface area contributed by atoms with E-state index in [2.05, 4.69) is 16.0 Å². The van der Waals surface area contributed by atoms with Crippen LogP contribution in [0.5, 0.6) is 0 Å². The number of amides is 3. The lowest BCUT2D eigenvalue weighted by molar-refractivity contribution is -0.145. The Morgan fingerprint density at radius 2 is 1.58 bits per heavy atom. The predicted octanol–water partition coefficient (Wildman–Crippen LogP) is 1.80. The van der Waals surface area contributed by atoms with E-state index >= 15 is 0 Å². The molecule has 0 aromatic heterocycles. The van der Waals surface area contributed by atoms with Crippen molar-refractivity contribution < 1.29 is 34.1 Å². The quantitative estimate of drug-likeness (QED) is 0.325. The number of nitrogens with one attached hydrogen (secondary N) is 3. The number of alkyl carbamates (subject to hydrolysis) is 1. The van der Waals surface area contributed by atoms with E-state index in [0.29, 0.717) is 38.6 Å². The molecule has 0 spiro atoms. The largest absolute Gasteiger partial charge is 0.480 e. The third-order valence-electron chi connectivity index (χ3n) is 6.00. The molecule has 33 heavy (non-hydrogen) atoms. The number of carboxylic acids is 1. The van der Waals surface area contributed by atoms with E-state index in [9.17, 15) is 24.3 Å². The van der Waals surface area contributed by atoms with Crippen LogP contribution in [-0.2, 0) is 19.1 Å². The van der Waals surface area contributed by atoms with Crippen LogP contribution in [0.2, 0.25) is 0 Å². The van der Waals surface area contributed by atoms with Gasteiger partial charge in [0, 0.05) is 12.5 Å². The summed E-state index contributed by atoms with van der Waals surface area (Å²) in [6, 6.07) is -2.04. The van der Waals surface area contributed by atoms with Gasteiger partial charge in [-0.3, -0.25) is 9.59 Å². The lowest BCUT2D eigenvalue weighted by Crippen LogP contribution is -2.52. The average molecular weight is 472 g/mol. The maximum atomic E-state index is 12.8. The molecule has 10 nitrogen and oxygen atoms in total. The molecule has 10 heteroatoms. The van der Waals surface area contributed by atoms with Gasteiger partial charge in [0.25, 0.3) is 0 Å². The first kappa shape index (κ1) is 28.7. The summed E-state index contributed by atoms with van der Waals surface area (Å²) in [6.07, 6.45) is 1.44. The van der Waals surface area contributed by atoms with Crippen LogP contribution < -0.4 is 16.0 Å². The molecule has 5 N–H and O–H groups in total. The van der Waals surface area contributed by atoms with Gasteiger partial charge in [0.05, 0.1) is 6.10 Å². The molecular formula is C23H41N3O7. The van der Waals surface area contributed by atoms with Gasteiger partial charge in [-0.25, -0.2) is 9.59 Å². The topological polar surface area (TPSA) is 154 Å². The molecule has 0 heterocycles. The SMILES string of the molecule is CC[C@@H](C)[C@H](NC(=O)OC(C)(C)C)C(=O)NCC1CCC(C(=O)N[C@H](C(=O)O)[C@@H](C)O)CC1. The minimum Gasteiger partial charge on any atom is -0.480 e. The van der Waals surface area contributed by atoms with Crippen LogP contribution in [0.3, 0.4) is 0 Å². The number of hydrogen-bond acceptors (Lipinski definition) is 6. The fraction of sp³-hybridized carbons (Fsp3) is 0.826. The van der Waals surface area contributed by atoms with E-state index in [1.807, 2.05) is 13.8 Å². The lowest BCUT2D eigenvalue weighted by Gasteiger charge is -2.30. The second-order valence-electron chi connectivity index (χ2n) is 10.0. The summed E-state index contributed by atoms with van der Waals surface area (Å²) in [5.41, 5.74) is -0.662. The molecule has 3 amide bonds. The molecule has 0 saturated heterocycles. The third kappa shape index (κ3) is 9.98. The van der Waals surface area contributed by atoms with Crippen molar-refractivity contribution in [1.82, 2.24) is 16.0 Å². The second kappa shape index (κ2) is 12.8. The summed E-state index contributed by atoms with van der Waals surface area (Å²) in [4.78, 5) is 48.5. The number of aliphatic carboxylic acids is 1. The number of aliphatic hydroxyl groups excluding tert-OH is 1. The first-order valence-electron chi connectivity index (χ1n) is 11.7. The molecule has 4 atom stereocenters. The third-order valence-corrected chi connectivity index (χ3v) is 6.00. The lowest BCUT2D eigenvalue weighted by atomic mass is 9.81. The molecular weight excluding hydrogens is 430 g/mol. The van der Waals surface area contributed by atoms with Gasteiger partial charge in [-0.05, 0) is 65.2 Å². The van der Waals surface area contributed by atoms with Crippen molar-refractivity contribution in [3.05, 3.63) is 0 Å². The van der Waals surface area contributed by atoms with Crippen molar-refractivity contribution >= 4 is 23.9 Å². The van der Waals surface area contributed by atoms with Gasteiger partial charge < -0.3 is 30.9 Å². The highest BCUT2D eigenvalue weighted by Gasteiger charge is 2.32. The maximum absolute atomic E-state index is 12.8. The van der Waals surface area contributed by atoms with Crippen LogP contribution in [0.4, 0.5) is 4.79 Å². The molecule has 0 aliphatic heterocycles. The van der Waals surface area contributed by atoms with Gasteiger partial charge in [-0.2, -0.15) is 0 Å². The minimum atomic E-state index is -1.33. The molecule has 0 bridgehead atoms. The first-order valence-corrected chi connectivity index (χ1v) is 11.7. The standard InChI is InChI=1S/C23H41N3O7/c1-7-13(2)17(26-22(32)33-23(4,5)6)20(29)24-12-15-8-10-16(11-9-15)19(28)25-18(14(3)27)21(30)31/h13-18,27H,7-12H2,1-6H3,(H,24,29)(H,25,28)(H,26,32)(H,30,31)/t13-,14-,15?,16?,17+,18+/m1/s1. The Labute approximate surface area is 196 Å². The first-order chi connectivity index (χ1) is 15.2. The molecule has 1 rings (SSSR count). The van der Waals surface area contributed by atoms with Gasteiger partial charge in [-0.15, -0.1) is 0 Å². The zero-order valence-electron chi connectivity index (χ0n) is 20.6. The van der Waals surface area contributed by atoms with E-state index in [-0.39, 0.29) is 29.6 Å². The van der Waals surface area contributed by atoms with Gasteiger partial charge in [0.15, 0.2) is 6.04 Å². The second-order valence-corrected chi connectivity index (χ2v) is 10.0. The molecule has 0 unspecified atom stereocenters. The average Bonchev–Trinajstić information content (AvgIpc) is 2.72. The Morgan fingerprint density at radius 3 is 2.03 bits per heavy atom. The number of carboxylic acid groups (broad SMARTS) is 1. The van der Waals surface area contributed by atoms with Crippen LogP contribution in [-0.4, -0.2) is 64.4 Å². The monoisotopic (exact) mass is 471 g/mol. The van der Waals surface area contributed by atoms with Crippen LogP contribution in [0.1, 0.15) is 73.6 Å². The van der Waals surface area contributed by atoms with Crippen LogP contribution in [0, 0.1) is 17.8 Å². The summed E-state index contributed by atoms with van der Waals surface area (Å²) in [7, 11) is 0. The molecule has 190 valence electrons. The van der Waals surface area contributed by atoms with Gasteiger partial charge in [0.1, 0.15) is 11.6 Å². The zero-order valence-corrected chi connectivity index (χ0v) is 20.6. The highest BCUT2D eigenvalue weighted by atomic mass is 16.6. The Kier molecular flexibility index (Phi) is 11.1. The molecule has 0 aromatic rings. The van der Waals surface area contributed by atoms with Crippen LogP contribution >= 0.6 is 0 Å². The number of aliphatic hydroxyl groups is 1. The molecule has 0 radical (unpaired) electrons. The molecule has 1 aliphatic carbocycles. The Hall–Kier alpha value is -2.36. The summed E-state index contributed by atoms with van der Waals surface area (Å²) in [6.45, 7) is 10.9. The number of carbonyl (C=O) groups excluding carboxylic acids is 3. The van der Waals surface area contributed by atoms with E-state index in [1.54, 1.807) is 20.8 Å². The minimum absolute atomic E-state index is 0.0759. The Morgan fingerprint density at radius 1 is 1.00 bits per heavy atom. The summed E-state index contributed by atoms with van der Waals surface area (Å²) >= 11 is 0. The fourth-order valence-electron chi connectivity index (χ4n) is 3.78. The van der Waals surface area contributed by atoms with E-state index in [1.165, 1.54) is 6.92 Å². The van der Waals surface area contributed by atoms with Crippen molar-refractivity contribution in [1.29, 1.82) is 0 Å². The smallest absolute Gasteiger partial charge is 0.408 e. The Bertz CT molecular complexity index is 682. The Balaban J connectivity index is 2.55. The van der Waals surface area contributed by atoms with E-state index in [4.69, 9.17) is 9.84 Å². The number of ether oxygens (including phenoxy) is 1. The van der Waals surface area contributed by atoms with Crippen molar-refractivity contribution in [2.24, 2.45) is 17.8 Å². The van der Waals surface area contributed by atoms with Crippen LogP contribution in [0.15, 0.2) is 0 Å². The van der Waals surface area contributed by atoms with E-state index in [0.717, 1.165) is 0 Å². The van der Waals surface area contributed by atoms with E-state index < -0.39 is 35.9 Å². The maximum Gasteiger partial charge on any atom is 0.408 e. The highest BCUT2D eigenvalue weighted by Crippen LogP contribution is 2.28. The van der Waals surface area contributed by atoms with Crippen molar-refractivity contribution in [2.45, 2.75) is 97.4 Å². The zero-order chi connectivity index (χ0) is 25.3. The number of rotatable bonds is 10. The normalized spacial score (nSPS) is 22.3. The van der Waals surface area contributed by atoms with Crippen LogP contribution in [0.25, 0.3) is 0 Å². The summed E-state index contributed by atoms with van der Waals surface area (Å²) in [5.74, 6) is -2.12. The summed E-state index contributed by atoms with van der Waals surface area (Å²) < 4.78 is 5.28. The highest BCUT2D eigenvalue weighted by molar-refractivity contribution is 5.86. The van der Waals surface area contributed by atoms with Crippen molar-refractivity contribution in [3.63, 3.8) is 0 Å². The number of carbonyl (C=O) groups is 4. The van der Waals surface area contributed by atoms with Gasteiger partial charge in [-0.1, -0.05) is 20.3 Å². The van der Waals surface area contributed by atoms with Crippen molar-refractivity contribution in [2.75, 3.05) is 6.54 Å². The molecule has 1 saturated carbocycles. The summed E-state index contributed by atoms with van der Waals surface area (Å²) in [5, 5.41) is 26.7. The number of hydrogen-bond donors (Lipinski definition) is 5. The van der Waals surface area contributed by atoms with Crippen molar-refractivity contribution in [3.8, 4) is 0 Å². The molecule has 1 aliphatic rings. The van der Waals surface area contributed by atoms with Gasteiger partial charge in [0.2, 0.25) is 11.8 Å².